The van der Waals surface area contributed by atoms with Gasteiger partial charge in [-0.25, -0.2) is 0 Å². The molecule has 6 nitrogen and oxygen atoms in total. The van der Waals surface area contributed by atoms with E-state index in [9.17, 15) is 27.6 Å². The van der Waals surface area contributed by atoms with E-state index in [0.717, 1.165) is 13.2 Å². The number of imide groups is 1. The number of hydrogen-bond donors (Lipinski definition) is 0. The molecule has 0 unspecified atom stereocenters. The van der Waals surface area contributed by atoms with Gasteiger partial charge in [0, 0.05) is 10.6 Å². The lowest BCUT2D eigenvalue weighted by Gasteiger charge is -2.24. The third-order valence-electron chi connectivity index (χ3n) is 4.19. The summed E-state index contributed by atoms with van der Waals surface area (Å²) in [6, 6.07) is 9.31. The molecular formula is C19H13ClF3NO5. The first kappa shape index (κ1) is 20.7. The number of hydrogen-bond acceptors (Lipinski definition) is 5. The van der Waals surface area contributed by atoms with Crippen molar-refractivity contribution < 1.29 is 37.0 Å². The first-order chi connectivity index (χ1) is 13.6. The van der Waals surface area contributed by atoms with Crippen LogP contribution in [-0.4, -0.2) is 42.5 Å². The normalized spacial score (nSPS) is 14.6. The van der Waals surface area contributed by atoms with Crippen LogP contribution in [-0.2, 0) is 9.53 Å². The molecule has 0 bridgehead atoms. The highest BCUT2D eigenvalue weighted by Crippen LogP contribution is 2.41. The van der Waals surface area contributed by atoms with E-state index < -0.39 is 42.2 Å². The molecule has 0 fully saturated rings. The van der Waals surface area contributed by atoms with Crippen molar-refractivity contribution in [1.29, 1.82) is 0 Å². The van der Waals surface area contributed by atoms with Gasteiger partial charge in [0.2, 0.25) is 6.10 Å². The molecule has 29 heavy (non-hydrogen) atoms. The maximum atomic E-state index is 13.6. The lowest BCUT2D eigenvalue weighted by Crippen LogP contribution is -2.37. The minimum Gasteiger partial charge on any atom is -0.496 e. The predicted molar refractivity (Wildman–Crippen MR) is 94.7 cm³/mol. The summed E-state index contributed by atoms with van der Waals surface area (Å²) in [6.45, 7) is -0.970. The van der Waals surface area contributed by atoms with E-state index in [1.165, 1.54) is 36.4 Å². The fourth-order valence-corrected chi connectivity index (χ4v) is 3.08. The topological polar surface area (TPSA) is 72.9 Å². The summed E-state index contributed by atoms with van der Waals surface area (Å²) in [4.78, 5) is 37.3. The number of rotatable bonds is 5. The Balaban J connectivity index is 1.84. The minimum atomic E-state index is -4.99. The van der Waals surface area contributed by atoms with Crippen molar-refractivity contribution in [2.45, 2.75) is 12.3 Å². The van der Waals surface area contributed by atoms with Crippen LogP contribution in [0.5, 0.6) is 5.75 Å². The molecule has 1 heterocycles. The van der Waals surface area contributed by atoms with E-state index in [2.05, 4.69) is 4.74 Å². The highest BCUT2D eigenvalue weighted by molar-refractivity contribution is 6.30. The monoisotopic (exact) mass is 427 g/mol. The largest absolute Gasteiger partial charge is 0.496 e. The Kier molecular flexibility index (Phi) is 5.52. The average molecular weight is 428 g/mol. The molecule has 0 aliphatic carbocycles. The Morgan fingerprint density at radius 2 is 1.69 bits per heavy atom. The van der Waals surface area contributed by atoms with E-state index in [4.69, 9.17) is 16.3 Å². The first-order valence-corrected chi connectivity index (χ1v) is 8.56. The Bertz CT molecular complexity index is 957. The van der Waals surface area contributed by atoms with Crippen LogP contribution in [0.15, 0.2) is 42.5 Å². The number of methoxy groups -OCH3 is 1. The van der Waals surface area contributed by atoms with Crippen LogP contribution in [0.25, 0.3) is 0 Å². The van der Waals surface area contributed by atoms with Crippen LogP contribution >= 0.6 is 11.6 Å². The smallest absolute Gasteiger partial charge is 0.429 e. The van der Waals surface area contributed by atoms with Gasteiger partial charge in [0.25, 0.3) is 11.8 Å². The van der Waals surface area contributed by atoms with Gasteiger partial charge in [-0.3, -0.25) is 19.3 Å². The number of halogens is 4. The molecule has 10 heteroatoms. The minimum absolute atomic E-state index is 0.0218. The zero-order valence-corrected chi connectivity index (χ0v) is 15.6. The van der Waals surface area contributed by atoms with Crippen molar-refractivity contribution in [2.24, 2.45) is 0 Å². The first-order valence-electron chi connectivity index (χ1n) is 8.18. The standard InChI is InChI=1S/C19H13ClF3NO5/c1-28-14-7-6-10(20)8-13(14)16(19(21,22)23)29-15(25)9-24-17(26)11-4-2-3-5-12(11)18(24)27/h2-8,16H,9H2,1H3/t16-/m0/s1. The number of esters is 1. The molecule has 0 N–H and O–H groups in total. The Morgan fingerprint density at radius 3 is 2.21 bits per heavy atom. The van der Waals surface area contributed by atoms with E-state index >= 15 is 0 Å². The number of ether oxygens (including phenoxy) is 2. The lowest BCUT2D eigenvalue weighted by molar-refractivity contribution is -0.224. The molecule has 3 rings (SSSR count). The van der Waals surface area contributed by atoms with Crippen molar-refractivity contribution in [3.8, 4) is 5.75 Å². The Morgan fingerprint density at radius 1 is 1.10 bits per heavy atom. The highest BCUT2D eigenvalue weighted by atomic mass is 35.5. The molecule has 2 amide bonds. The predicted octanol–water partition coefficient (Wildman–Crippen LogP) is 3.79. The van der Waals surface area contributed by atoms with Gasteiger partial charge in [0.15, 0.2) is 0 Å². The summed E-state index contributed by atoms with van der Waals surface area (Å²) in [5, 5.41) is -0.0218. The van der Waals surface area contributed by atoms with Crippen molar-refractivity contribution in [3.63, 3.8) is 0 Å². The van der Waals surface area contributed by atoms with Gasteiger partial charge < -0.3 is 9.47 Å². The van der Waals surface area contributed by atoms with Crippen molar-refractivity contribution >= 4 is 29.4 Å². The zero-order chi connectivity index (χ0) is 21.3. The molecule has 0 radical (unpaired) electrons. The van der Waals surface area contributed by atoms with Crippen LogP contribution in [0, 0.1) is 0 Å². The molecule has 152 valence electrons. The SMILES string of the molecule is COc1ccc(Cl)cc1[C@H](OC(=O)CN1C(=O)c2ccccc2C1=O)C(F)(F)F. The van der Waals surface area contributed by atoms with E-state index in [1.54, 1.807) is 0 Å². The molecule has 1 aliphatic rings. The molecule has 0 spiro atoms. The molecule has 1 aliphatic heterocycles. The fourth-order valence-electron chi connectivity index (χ4n) is 2.90. The zero-order valence-electron chi connectivity index (χ0n) is 14.8. The van der Waals surface area contributed by atoms with Crippen molar-refractivity contribution in [3.05, 3.63) is 64.2 Å². The highest BCUT2D eigenvalue weighted by Gasteiger charge is 2.46. The second kappa shape index (κ2) is 7.75. The van der Waals surface area contributed by atoms with Crippen LogP contribution in [0.2, 0.25) is 5.02 Å². The van der Waals surface area contributed by atoms with Gasteiger partial charge >= 0.3 is 12.1 Å². The van der Waals surface area contributed by atoms with Gasteiger partial charge in [0.1, 0.15) is 12.3 Å². The maximum absolute atomic E-state index is 13.6. The maximum Gasteiger partial charge on any atom is 0.429 e. The number of amides is 2. The van der Waals surface area contributed by atoms with E-state index in [-0.39, 0.29) is 21.9 Å². The Hall–Kier alpha value is -3.07. The van der Waals surface area contributed by atoms with Crippen LogP contribution in [0.1, 0.15) is 32.4 Å². The van der Waals surface area contributed by atoms with Crippen molar-refractivity contribution in [2.75, 3.05) is 13.7 Å². The number of alkyl halides is 3. The third kappa shape index (κ3) is 4.04. The summed E-state index contributed by atoms with van der Waals surface area (Å²) >= 11 is 5.77. The number of carbonyl (C=O) groups is 3. The van der Waals surface area contributed by atoms with Crippen molar-refractivity contribution in [1.82, 2.24) is 4.90 Å². The number of fused-ring (bicyclic) bond motifs is 1. The summed E-state index contributed by atoms with van der Waals surface area (Å²) in [6.07, 6.45) is -7.69. The lowest BCUT2D eigenvalue weighted by atomic mass is 10.1. The molecule has 0 saturated carbocycles. The average Bonchev–Trinajstić information content (AvgIpc) is 2.90. The number of benzene rings is 2. The van der Waals surface area contributed by atoms with Gasteiger partial charge in [-0.15, -0.1) is 0 Å². The van der Waals surface area contributed by atoms with Crippen LogP contribution in [0.4, 0.5) is 13.2 Å². The Labute approximate surface area is 167 Å². The summed E-state index contributed by atoms with van der Waals surface area (Å²) in [5.41, 5.74) is -0.383. The van der Waals surface area contributed by atoms with Gasteiger partial charge in [0.05, 0.1) is 18.2 Å². The van der Waals surface area contributed by atoms with Crippen LogP contribution < -0.4 is 4.74 Å². The molecule has 2 aromatic carbocycles. The molecular weight excluding hydrogens is 415 g/mol. The summed E-state index contributed by atoms with van der Waals surface area (Å²) in [5.74, 6) is -3.17. The van der Waals surface area contributed by atoms with E-state index in [0.29, 0.717) is 4.90 Å². The molecule has 0 aromatic heterocycles. The molecule has 0 saturated heterocycles. The number of carbonyl (C=O) groups excluding carboxylic acids is 3. The molecule has 2 aromatic rings. The second-order valence-electron chi connectivity index (χ2n) is 6.04. The van der Waals surface area contributed by atoms with Gasteiger partial charge in [-0.2, -0.15) is 13.2 Å². The fraction of sp³-hybridized carbons (Fsp3) is 0.211. The van der Waals surface area contributed by atoms with E-state index in [1.807, 2.05) is 0 Å². The van der Waals surface area contributed by atoms with Gasteiger partial charge in [-0.1, -0.05) is 23.7 Å². The van der Waals surface area contributed by atoms with Crippen LogP contribution in [0.3, 0.4) is 0 Å². The second-order valence-corrected chi connectivity index (χ2v) is 6.48. The summed E-state index contributed by atoms with van der Waals surface area (Å²) in [7, 11) is 1.15. The molecule has 1 atom stereocenters. The number of nitrogens with zero attached hydrogens (tertiary/aromatic N) is 1. The van der Waals surface area contributed by atoms with Gasteiger partial charge in [-0.05, 0) is 30.3 Å². The summed E-state index contributed by atoms with van der Waals surface area (Å²) < 4.78 is 50.2. The quantitative estimate of drug-likeness (QED) is 0.536. The third-order valence-corrected chi connectivity index (χ3v) is 4.42.